The van der Waals surface area contributed by atoms with Crippen molar-refractivity contribution in [1.82, 2.24) is 25.4 Å². The van der Waals surface area contributed by atoms with Crippen LogP contribution in [0.3, 0.4) is 0 Å². The largest absolute Gasteiger partial charge is 0.458 e. The number of hydrogen-bond acceptors (Lipinski definition) is 6. The molecule has 7 nitrogen and oxygen atoms in total. The molecule has 4 aromatic rings. The maximum Gasteiger partial charge on any atom is 0.153 e. The first-order chi connectivity index (χ1) is 14.8. The van der Waals surface area contributed by atoms with Gasteiger partial charge in [-0.2, -0.15) is 0 Å². The number of benzene rings is 1. The van der Waals surface area contributed by atoms with E-state index >= 15 is 0 Å². The summed E-state index contributed by atoms with van der Waals surface area (Å²) in [5.74, 6) is 1.61. The molecular formula is C23H23N5O2. The predicted octanol–water partition coefficient (Wildman–Crippen LogP) is 3.48. The number of hydrogen-bond donors (Lipinski definition) is 3. The second-order valence-corrected chi connectivity index (χ2v) is 7.38. The summed E-state index contributed by atoms with van der Waals surface area (Å²) in [5.41, 5.74) is 9.81. The predicted molar refractivity (Wildman–Crippen MR) is 113 cm³/mol. The highest BCUT2D eigenvalue weighted by Gasteiger charge is 2.24. The number of nitrogens with zero attached hydrogens (tertiary/aromatic N) is 3. The van der Waals surface area contributed by atoms with Crippen molar-refractivity contribution in [2.75, 3.05) is 6.54 Å². The molecule has 1 aromatic carbocycles. The lowest BCUT2D eigenvalue weighted by molar-refractivity contribution is 0.156. The maximum atomic E-state index is 10.8. The van der Waals surface area contributed by atoms with E-state index < -0.39 is 6.10 Å². The average Bonchev–Trinajstić information content (AvgIpc) is 3.55. The number of rotatable bonds is 6. The van der Waals surface area contributed by atoms with E-state index in [1.165, 1.54) is 0 Å². The molecule has 30 heavy (non-hydrogen) atoms. The van der Waals surface area contributed by atoms with Crippen LogP contribution in [-0.4, -0.2) is 26.2 Å². The molecule has 152 valence electrons. The third-order valence-corrected chi connectivity index (χ3v) is 5.36. The van der Waals surface area contributed by atoms with Crippen LogP contribution in [0.5, 0.6) is 0 Å². The lowest BCUT2D eigenvalue weighted by Gasteiger charge is -2.14. The molecule has 1 aliphatic rings. The van der Waals surface area contributed by atoms with Crippen LogP contribution >= 0.6 is 0 Å². The number of nitrogens with one attached hydrogen (secondary N) is 2. The van der Waals surface area contributed by atoms with Gasteiger partial charge in [-0.3, -0.25) is 10.4 Å². The summed E-state index contributed by atoms with van der Waals surface area (Å²) >= 11 is 0. The molecule has 5 rings (SSSR count). The quantitative estimate of drug-likeness (QED) is 0.458. The summed E-state index contributed by atoms with van der Waals surface area (Å²) < 4.78 is 8.19. The zero-order valence-corrected chi connectivity index (χ0v) is 16.4. The zero-order chi connectivity index (χ0) is 20.3. The number of aliphatic hydroxyl groups excluding tert-OH is 1. The summed E-state index contributed by atoms with van der Waals surface area (Å²) in [6.07, 6.45) is 5.41. The van der Waals surface area contributed by atoms with E-state index in [1.54, 1.807) is 18.7 Å². The van der Waals surface area contributed by atoms with Crippen LogP contribution in [0.2, 0.25) is 0 Å². The number of aliphatic hydroxyl groups is 1. The third kappa shape index (κ3) is 3.66. The molecule has 0 bridgehead atoms. The van der Waals surface area contributed by atoms with Crippen molar-refractivity contribution in [3.63, 3.8) is 0 Å². The normalized spacial score (nSPS) is 17.3. The number of pyridine rings is 1. The molecule has 0 saturated carbocycles. The van der Waals surface area contributed by atoms with E-state index in [1.807, 2.05) is 59.2 Å². The molecule has 0 amide bonds. The highest BCUT2D eigenvalue weighted by Crippen LogP contribution is 2.35. The van der Waals surface area contributed by atoms with Crippen LogP contribution in [0.15, 0.2) is 77.7 Å². The van der Waals surface area contributed by atoms with E-state index in [0.29, 0.717) is 6.54 Å². The molecule has 2 unspecified atom stereocenters. The first-order valence-corrected chi connectivity index (χ1v) is 10.1. The van der Waals surface area contributed by atoms with Crippen LogP contribution in [0.25, 0.3) is 22.7 Å². The van der Waals surface area contributed by atoms with Crippen molar-refractivity contribution in [2.24, 2.45) is 0 Å². The molecule has 1 aliphatic heterocycles. The molecule has 7 heteroatoms. The van der Waals surface area contributed by atoms with Gasteiger partial charge in [0.15, 0.2) is 5.76 Å². The van der Waals surface area contributed by atoms with E-state index in [-0.39, 0.29) is 6.04 Å². The van der Waals surface area contributed by atoms with E-state index in [9.17, 15) is 5.11 Å². The van der Waals surface area contributed by atoms with E-state index in [2.05, 4.69) is 20.8 Å². The highest BCUT2D eigenvalue weighted by atomic mass is 16.3. The molecule has 0 spiro atoms. The Morgan fingerprint density at radius 3 is 2.80 bits per heavy atom. The number of hydrazine groups is 1. The van der Waals surface area contributed by atoms with E-state index in [0.717, 1.165) is 47.0 Å². The molecule has 3 N–H and O–H groups in total. The lowest BCUT2D eigenvalue weighted by atomic mass is 10.1. The topological polar surface area (TPSA) is 88.1 Å². The fraction of sp³-hybridized carbons (Fsp3) is 0.217. The first kappa shape index (κ1) is 18.7. The minimum absolute atomic E-state index is 0.149. The molecule has 0 radical (unpaired) electrons. The van der Waals surface area contributed by atoms with Gasteiger partial charge in [-0.15, -0.1) is 0 Å². The van der Waals surface area contributed by atoms with Crippen LogP contribution < -0.4 is 10.9 Å². The van der Waals surface area contributed by atoms with Gasteiger partial charge in [0.25, 0.3) is 0 Å². The minimum Gasteiger partial charge on any atom is -0.458 e. The molecule has 2 atom stereocenters. The summed E-state index contributed by atoms with van der Waals surface area (Å²) in [6, 6.07) is 17.8. The van der Waals surface area contributed by atoms with Crippen LogP contribution in [0.1, 0.15) is 29.9 Å². The van der Waals surface area contributed by atoms with Crippen LogP contribution in [0, 0.1) is 0 Å². The molecule has 1 fully saturated rings. The Bertz CT molecular complexity index is 1100. The van der Waals surface area contributed by atoms with Crippen LogP contribution in [0.4, 0.5) is 0 Å². The fourth-order valence-corrected chi connectivity index (χ4v) is 3.82. The molecule has 0 aliphatic carbocycles. The Morgan fingerprint density at radius 2 is 2.03 bits per heavy atom. The van der Waals surface area contributed by atoms with Crippen molar-refractivity contribution in [3.8, 4) is 22.7 Å². The van der Waals surface area contributed by atoms with Crippen molar-refractivity contribution in [2.45, 2.75) is 25.1 Å². The van der Waals surface area contributed by atoms with Gasteiger partial charge in [-0.1, -0.05) is 36.4 Å². The van der Waals surface area contributed by atoms with Gasteiger partial charge < -0.3 is 14.1 Å². The monoisotopic (exact) mass is 401 g/mol. The average molecular weight is 401 g/mol. The highest BCUT2D eigenvalue weighted by molar-refractivity contribution is 5.76. The van der Waals surface area contributed by atoms with Crippen molar-refractivity contribution < 1.29 is 9.52 Å². The van der Waals surface area contributed by atoms with Gasteiger partial charge >= 0.3 is 0 Å². The van der Waals surface area contributed by atoms with Gasteiger partial charge in [0.2, 0.25) is 0 Å². The fourth-order valence-electron chi connectivity index (χ4n) is 3.82. The van der Waals surface area contributed by atoms with Crippen LogP contribution in [-0.2, 0) is 6.54 Å². The molecular weight excluding hydrogens is 378 g/mol. The summed E-state index contributed by atoms with van der Waals surface area (Å²) in [7, 11) is 0. The Hall–Kier alpha value is -3.26. The molecule has 1 saturated heterocycles. The summed E-state index contributed by atoms with van der Waals surface area (Å²) in [4.78, 5) is 8.78. The van der Waals surface area contributed by atoms with Crippen molar-refractivity contribution in [1.29, 1.82) is 0 Å². The maximum absolute atomic E-state index is 10.8. The second kappa shape index (κ2) is 8.23. The van der Waals surface area contributed by atoms with Gasteiger partial charge in [0, 0.05) is 30.1 Å². The first-order valence-electron chi connectivity index (χ1n) is 10.1. The van der Waals surface area contributed by atoms with E-state index in [4.69, 9.17) is 4.42 Å². The number of furan rings is 1. The molecule has 3 aromatic heterocycles. The minimum atomic E-state index is -0.703. The zero-order valence-electron chi connectivity index (χ0n) is 16.4. The lowest BCUT2D eigenvalue weighted by Crippen LogP contribution is -2.24. The number of imidazole rings is 1. The summed E-state index contributed by atoms with van der Waals surface area (Å²) in [6.45, 7) is 1.26. The Balaban J connectivity index is 1.54. The smallest absolute Gasteiger partial charge is 0.153 e. The van der Waals surface area contributed by atoms with Crippen molar-refractivity contribution in [3.05, 3.63) is 84.6 Å². The Morgan fingerprint density at radius 1 is 1.13 bits per heavy atom. The third-order valence-electron chi connectivity index (χ3n) is 5.36. The summed E-state index contributed by atoms with van der Waals surface area (Å²) in [5, 5.41) is 10.8. The molecule has 4 heterocycles. The van der Waals surface area contributed by atoms with Crippen molar-refractivity contribution >= 4 is 0 Å². The van der Waals surface area contributed by atoms with Gasteiger partial charge in [-0.25, -0.2) is 10.4 Å². The second-order valence-electron chi connectivity index (χ2n) is 7.38. The Labute approximate surface area is 174 Å². The Kier molecular flexibility index (Phi) is 5.15. The SMILES string of the molecule is OC(Cn1cnc(-c2ccccc2)c1-c1ccc(C2CCNN2)o1)c1cccnc1. The standard InChI is InChI=1S/C23H23N5O2/c29-19(17-7-4-11-24-13-17)14-28-15-25-22(16-5-2-1-3-6-16)23(28)21-9-8-20(30-21)18-10-12-26-27-18/h1-9,11,13,15,18-19,26-27,29H,10,12,14H2. The van der Waals surface area contributed by atoms with Gasteiger partial charge in [0.05, 0.1) is 30.7 Å². The van der Waals surface area contributed by atoms with Gasteiger partial charge in [0.1, 0.15) is 11.5 Å². The number of aromatic nitrogens is 3. The van der Waals surface area contributed by atoms with Gasteiger partial charge in [-0.05, 0) is 24.6 Å².